The van der Waals surface area contributed by atoms with E-state index in [1.165, 1.54) is 24.3 Å². The molecule has 3 N–H and O–H groups in total. The molecule has 8 heteroatoms. The number of nitrogens with one attached hydrogen (secondary N) is 3. The molecule has 2 amide bonds. The summed E-state index contributed by atoms with van der Waals surface area (Å²) in [6, 6.07) is 22.1. The maximum atomic E-state index is 12.9. The van der Waals surface area contributed by atoms with Crippen molar-refractivity contribution >= 4 is 27.5 Å². The van der Waals surface area contributed by atoms with E-state index in [2.05, 4.69) is 21.3 Å². The Balaban J connectivity index is 1.79. The lowest BCUT2D eigenvalue weighted by Crippen LogP contribution is -2.37. The molecule has 0 radical (unpaired) electrons. The molecule has 162 valence electrons. The Morgan fingerprint density at radius 2 is 1.47 bits per heavy atom. The SMILES string of the molecule is C#CCNS(=O)(=O)c1ccc(C(=O)N[C@H](C(=O)Nc2ccccc2)c2ccccc2)cc1. The van der Waals surface area contributed by atoms with Crippen LogP contribution in [0.5, 0.6) is 0 Å². The average molecular weight is 448 g/mol. The standard InChI is InChI=1S/C24H21N3O4S/c1-2-17-25-32(30,31)21-15-13-19(14-16-21)23(28)27-22(18-9-5-3-6-10-18)24(29)26-20-11-7-4-8-12-20/h1,3-16,22,25H,17H2,(H,26,29)(H,27,28)/t22-/m0/s1. The highest BCUT2D eigenvalue weighted by molar-refractivity contribution is 7.89. The van der Waals surface area contributed by atoms with E-state index in [0.717, 1.165) is 0 Å². The van der Waals surface area contributed by atoms with Crippen LogP contribution in [0.2, 0.25) is 0 Å². The molecule has 0 heterocycles. The quantitative estimate of drug-likeness (QED) is 0.462. The summed E-state index contributed by atoms with van der Waals surface area (Å²) in [5.41, 5.74) is 1.41. The smallest absolute Gasteiger partial charge is 0.252 e. The Bertz CT molecular complexity index is 1220. The number of hydrogen-bond acceptors (Lipinski definition) is 4. The number of carbonyl (C=O) groups is 2. The molecular formula is C24H21N3O4S. The maximum Gasteiger partial charge on any atom is 0.252 e. The van der Waals surface area contributed by atoms with E-state index in [1.54, 1.807) is 48.5 Å². The molecule has 0 aliphatic heterocycles. The predicted octanol–water partition coefficient (Wildman–Crippen LogP) is 2.71. The highest BCUT2D eigenvalue weighted by Gasteiger charge is 2.24. The van der Waals surface area contributed by atoms with Crippen molar-refractivity contribution in [2.45, 2.75) is 10.9 Å². The number of anilines is 1. The first kappa shape index (κ1) is 22.7. The normalized spacial score (nSPS) is 11.7. The van der Waals surface area contributed by atoms with Crippen molar-refractivity contribution in [2.24, 2.45) is 0 Å². The first-order valence-electron chi connectivity index (χ1n) is 9.65. The zero-order valence-corrected chi connectivity index (χ0v) is 17.8. The highest BCUT2D eigenvalue weighted by Crippen LogP contribution is 2.18. The Kier molecular flexibility index (Phi) is 7.39. The van der Waals surface area contributed by atoms with E-state index in [9.17, 15) is 18.0 Å². The molecule has 0 bridgehead atoms. The monoisotopic (exact) mass is 447 g/mol. The van der Waals surface area contributed by atoms with Crippen LogP contribution in [0.3, 0.4) is 0 Å². The van der Waals surface area contributed by atoms with Gasteiger partial charge in [0.15, 0.2) is 0 Å². The van der Waals surface area contributed by atoms with E-state index in [0.29, 0.717) is 11.3 Å². The summed E-state index contributed by atoms with van der Waals surface area (Å²) in [6.07, 6.45) is 5.08. The largest absolute Gasteiger partial charge is 0.336 e. The fourth-order valence-corrected chi connectivity index (χ4v) is 3.84. The van der Waals surface area contributed by atoms with Gasteiger partial charge in [0.25, 0.3) is 11.8 Å². The molecule has 0 spiro atoms. The Labute approximate surface area is 186 Å². The molecule has 0 aliphatic carbocycles. The zero-order chi connectivity index (χ0) is 23.0. The molecule has 3 aromatic rings. The summed E-state index contributed by atoms with van der Waals surface area (Å²) in [4.78, 5) is 25.7. The summed E-state index contributed by atoms with van der Waals surface area (Å²) in [7, 11) is -3.77. The number of terminal acetylenes is 1. The maximum absolute atomic E-state index is 12.9. The summed E-state index contributed by atoms with van der Waals surface area (Å²) in [6.45, 7) is -0.139. The first-order chi connectivity index (χ1) is 15.4. The van der Waals surface area contributed by atoms with Gasteiger partial charge < -0.3 is 10.6 Å². The van der Waals surface area contributed by atoms with Crippen molar-refractivity contribution < 1.29 is 18.0 Å². The zero-order valence-electron chi connectivity index (χ0n) is 17.0. The molecule has 3 rings (SSSR count). The summed E-state index contributed by atoms with van der Waals surface area (Å²) in [5.74, 6) is 1.26. The van der Waals surface area contributed by atoms with Crippen LogP contribution >= 0.6 is 0 Å². The molecule has 0 aliphatic rings. The molecule has 1 atom stereocenters. The number of rotatable bonds is 8. The fourth-order valence-electron chi connectivity index (χ4n) is 2.90. The lowest BCUT2D eigenvalue weighted by atomic mass is 10.1. The van der Waals surface area contributed by atoms with E-state index in [4.69, 9.17) is 6.42 Å². The third kappa shape index (κ3) is 5.82. The number of amides is 2. The number of hydrogen-bond donors (Lipinski definition) is 3. The van der Waals surface area contributed by atoms with Crippen LogP contribution in [-0.4, -0.2) is 26.8 Å². The highest BCUT2D eigenvalue weighted by atomic mass is 32.2. The van der Waals surface area contributed by atoms with Gasteiger partial charge in [0.05, 0.1) is 11.4 Å². The number of carbonyl (C=O) groups excluding carboxylic acids is 2. The van der Waals surface area contributed by atoms with Gasteiger partial charge in [-0.15, -0.1) is 6.42 Å². The van der Waals surface area contributed by atoms with Crippen LogP contribution in [0, 0.1) is 12.3 Å². The minimum absolute atomic E-state index is 0.0225. The van der Waals surface area contributed by atoms with Crippen LogP contribution in [0.25, 0.3) is 0 Å². The molecule has 7 nitrogen and oxygen atoms in total. The van der Waals surface area contributed by atoms with E-state index in [-0.39, 0.29) is 17.0 Å². The minimum Gasteiger partial charge on any atom is -0.336 e. The third-order valence-electron chi connectivity index (χ3n) is 4.50. The second-order valence-electron chi connectivity index (χ2n) is 6.73. The molecule has 0 unspecified atom stereocenters. The van der Waals surface area contributed by atoms with E-state index < -0.39 is 27.9 Å². The van der Waals surface area contributed by atoms with Crippen molar-refractivity contribution in [3.05, 3.63) is 96.1 Å². The fraction of sp³-hybridized carbons (Fsp3) is 0.0833. The molecule has 0 saturated carbocycles. The van der Waals surface area contributed by atoms with Gasteiger partial charge in [-0.05, 0) is 42.0 Å². The average Bonchev–Trinajstić information content (AvgIpc) is 2.82. The molecule has 0 saturated heterocycles. The second kappa shape index (κ2) is 10.4. The van der Waals surface area contributed by atoms with Gasteiger partial charge in [0.1, 0.15) is 6.04 Å². The lowest BCUT2D eigenvalue weighted by molar-refractivity contribution is -0.118. The Morgan fingerprint density at radius 1 is 0.875 bits per heavy atom. The summed E-state index contributed by atoms with van der Waals surface area (Å²) < 4.78 is 26.5. The van der Waals surface area contributed by atoms with E-state index in [1.807, 2.05) is 12.1 Å². The van der Waals surface area contributed by atoms with Gasteiger partial charge in [-0.3, -0.25) is 9.59 Å². The predicted molar refractivity (Wildman–Crippen MR) is 122 cm³/mol. The second-order valence-corrected chi connectivity index (χ2v) is 8.49. The van der Waals surface area contributed by atoms with Crippen molar-refractivity contribution in [1.82, 2.24) is 10.0 Å². The Hall–Kier alpha value is -3.93. The molecule has 32 heavy (non-hydrogen) atoms. The number of para-hydroxylation sites is 1. The van der Waals surface area contributed by atoms with Gasteiger partial charge in [0, 0.05) is 11.3 Å². The summed E-state index contributed by atoms with van der Waals surface area (Å²) >= 11 is 0. The van der Waals surface area contributed by atoms with Gasteiger partial charge in [-0.2, -0.15) is 4.72 Å². The molecule has 3 aromatic carbocycles. The van der Waals surface area contributed by atoms with Crippen molar-refractivity contribution in [3.8, 4) is 12.3 Å². The van der Waals surface area contributed by atoms with Crippen LogP contribution in [0.4, 0.5) is 5.69 Å². The first-order valence-corrected chi connectivity index (χ1v) is 11.1. The van der Waals surface area contributed by atoms with Gasteiger partial charge in [-0.25, -0.2) is 8.42 Å². The van der Waals surface area contributed by atoms with Gasteiger partial charge in [-0.1, -0.05) is 54.5 Å². The molecule has 0 fully saturated rings. The van der Waals surface area contributed by atoms with Crippen LogP contribution < -0.4 is 15.4 Å². The van der Waals surface area contributed by atoms with Crippen LogP contribution in [0.15, 0.2) is 89.8 Å². The molecule has 0 aromatic heterocycles. The van der Waals surface area contributed by atoms with Crippen molar-refractivity contribution in [1.29, 1.82) is 0 Å². The Morgan fingerprint density at radius 3 is 2.06 bits per heavy atom. The van der Waals surface area contributed by atoms with Crippen LogP contribution in [-0.2, 0) is 14.8 Å². The minimum atomic E-state index is -3.77. The number of sulfonamides is 1. The molecular weight excluding hydrogens is 426 g/mol. The van der Waals surface area contributed by atoms with Crippen molar-refractivity contribution in [2.75, 3.05) is 11.9 Å². The third-order valence-corrected chi connectivity index (χ3v) is 5.92. The van der Waals surface area contributed by atoms with Crippen molar-refractivity contribution in [3.63, 3.8) is 0 Å². The van der Waals surface area contributed by atoms with Gasteiger partial charge >= 0.3 is 0 Å². The summed E-state index contributed by atoms with van der Waals surface area (Å²) in [5, 5.41) is 5.51. The van der Waals surface area contributed by atoms with E-state index >= 15 is 0 Å². The van der Waals surface area contributed by atoms with Gasteiger partial charge in [0.2, 0.25) is 10.0 Å². The lowest BCUT2D eigenvalue weighted by Gasteiger charge is -2.19. The number of benzene rings is 3. The van der Waals surface area contributed by atoms with Crippen LogP contribution in [0.1, 0.15) is 22.0 Å². The topological polar surface area (TPSA) is 104 Å².